The number of furan rings is 2. The van der Waals surface area contributed by atoms with Crippen molar-refractivity contribution in [1.29, 1.82) is 0 Å². The molecular weight excluding hydrogens is 260 g/mol. The molecule has 6 nitrogen and oxygen atoms in total. The lowest BCUT2D eigenvalue weighted by Gasteiger charge is -2.03. The van der Waals surface area contributed by atoms with Crippen LogP contribution in [0, 0.1) is 13.8 Å². The Bertz CT molecular complexity index is 652. The van der Waals surface area contributed by atoms with Gasteiger partial charge in [-0.1, -0.05) is 0 Å². The maximum absolute atomic E-state index is 11.7. The molecule has 2 aromatic rings. The summed E-state index contributed by atoms with van der Waals surface area (Å²) < 4.78 is 10.3. The fraction of sp³-hybridized carbons (Fsp3) is 0.143. The van der Waals surface area contributed by atoms with Gasteiger partial charge in [0.15, 0.2) is 0 Å². The summed E-state index contributed by atoms with van der Waals surface area (Å²) in [7, 11) is 0. The molecule has 104 valence electrons. The van der Waals surface area contributed by atoms with E-state index in [4.69, 9.17) is 8.83 Å². The van der Waals surface area contributed by atoms with E-state index in [1.54, 1.807) is 19.1 Å². The second-order valence-electron chi connectivity index (χ2n) is 4.12. The van der Waals surface area contributed by atoms with Gasteiger partial charge in [0.1, 0.15) is 17.3 Å². The minimum atomic E-state index is -0.464. The Morgan fingerprint density at radius 2 is 1.95 bits per heavy atom. The van der Waals surface area contributed by atoms with Gasteiger partial charge >= 0.3 is 0 Å². The summed E-state index contributed by atoms with van der Waals surface area (Å²) in [4.78, 5) is 23.2. The molecule has 0 saturated carbocycles. The summed E-state index contributed by atoms with van der Waals surface area (Å²) in [6.45, 7) is 3.47. The zero-order valence-electron chi connectivity index (χ0n) is 11.1. The molecule has 0 aromatic carbocycles. The standard InChI is InChI=1S/C14H14N2O4/c1-9-3-4-11(20-9)5-6-13(17)15-16-14(18)12-7-8-19-10(12)2/h3-8H,1-2H3,(H,15,17)(H,16,18). The van der Waals surface area contributed by atoms with Crippen molar-refractivity contribution in [3.05, 3.63) is 53.4 Å². The van der Waals surface area contributed by atoms with Gasteiger partial charge in [0, 0.05) is 6.08 Å². The number of hydrazine groups is 1. The van der Waals surface area contributed by atoms with Crippen molar-refractivity contribution < 1.29 is 18.4 Å². The third-order valence-corrected chi connectivity index (χ3v) is 2.56. The lowest BCUT2D eigenvalue weighted by Crippen LogP contribution is -2.40. The summed E-state index contributed by atoms with van der Waals surface area (Å²) in [5.74, 6) is 0.905. The number of carbonyl (C=O) groups excluding carboxylic acids is 2. The van der Waals surface area contributed by atoms with E-state index in [0.29, 0.717) is 17.1 Å². The highest BCUT2D eigenvalue weighted by Crippen LogP contribution is 2.08. The maximum atomic E-state index is 11.7. The van der Waals surface area contributed by atoms with Crippen LogP contribution in [0.4, 0.5) is 0 Å². The molecule has 0 unspecified atom stereocenters. The Kier molecular flexibility index (Phi) is 4.05. The highest BCUT2D eigenvalue weighted by atomic mass is 16.3. The van der Waals surface area contributed by atoms with Crippen LogP contribution in [0.2, 0.25) is 0 Å². The predicted octanol–water partition coefficient (Wildman–Crippen LogP) is 1.96. The normalized spacial score (nSPS) is 10.7. The van der Waals surface area contributed by atoms with Crippen LogP contribution < -0.4 is 10.9 Å². The number of amides is 2. The van der Waals surface area contributed by atoms with E-state index in [1.807, 2.05) is 6.92 Å². The van der Waals surface area contributed by atoms with Gasteiger partial charge in [0.2, 0.25) is 0 Å². The molecule has 0 saturated heterocycles. The van der Waals surface area contributed by atoms with Crippen molar-refractivity contribution in [2.24, 2.45) is 0 Å². The van der Waals surface area contributed by atoms with E-state index in [2.05, 4.69) is 10.9 Å². The van der Waals surface area contributed by atoms with Crippen molar-refractivity contribution in [2.75, 3.05) is 0 Å². The molecule has 0 aliphatic rings. The van der Waals surface area contributed by atoms with Crippen molar-refractivity contribution in [1.82, 2.24) is 10.9 Å². The Morgan fingerprint density at radius 1 is 1.15 bits per heavy atom. The van der Waals surface area contributed by atoms with E-state index in [1.165, 1.54) is 24.5 Å². The molecule has 0 spiro atoms. The number of aryl methyl sites for hydroxylation is 2. The van der Waals surface area contributed by atoms with Gasteiger partial charge in [0.25, 0.3) is 11.8 Å². The van der Waals surface area contributed by atoms with Gasteiger partial charge in [-0.2, -0.15) is 0 Å². The minimum absolute atomic E-state index is 0.371. The van der Waals surface area contributed by atoms with Crippen LogP contribution in [-0.4, -0.2) is 11.8 Å². The van der Waals surface area contributed by atoms with Crippen molar-refractivity contribution in [2.45, 2.75) is 13.8 Å². The second kappa shape index (κ2) is 5.92. The van der Waals surface area contributed by atoms with E-state index >= 15 is 0 Å². The van der Waals surface area contributed by atoms with Gasteiger partial charge in [-0.15, -0.1) is 0 Å². The van der Waals surface area contributed by atoms with Crippen LogP contribution in [0.15, 0.2) is 39.4 Å². The van der Waals surface area contributed by atoms with Gasteiger partial charge < -0.3 is 8.83 Å². The fourth-order valence-electron chi connectivity index (χ4n) is 1.55. The average molecular weight is 274 g/mol. The first-order valence-electron chi connectivity index (χ1n) is 5.95. The molecule has 20 heavy (non-hydrogen) atoms. The topological polar surface area (TPSA) is 84.5 Å². The average Bonchev–Trinajstić information content (AvgIpc) is 3.02. The SMILES string of the molecule is Cc1ccc(C=CC(=O)NNC(=O)c2ccoc2C)o1. The Balaban J connectivity index is 1.85. The number of nitrogens with one attached hydrogen (secondary N) is 2. The maximum Gasteiger partial charge on any atom is 0.273 e. The summed E-state index contributed by atoms with van der Waals surface area (Å²) in [5.41, 5.74) is 4.92. The third-order valence-electron chi connectivity index (χ3n) is 2.56. The molecule has 0 aliphatic carbocycles. The molecule has 2 rings (SSSR count). The number of carbonyl (C=O) groups is 2. The first-order chi connectivity index (χ1) is 9.56. The summed E-state index contributed by atoms with van der Waals surface area (Å²) >= 11 is 0. The monoisotopic (exact) mass is 274 g/mol. The number of hydrogen-bond donors (Lipinski definition) is 2. The predicted molar refractivity (Wildman–Crippen MR) is 71.5 cm³/mol. The molecular formula is C14H14N2O4. The summed E-state index contributed by atoms with van der Waals surface area (Å²) in [6, 6.07) is 5.06. The van der Waals surface area contributed by atoms with Crippen molar-refractivity contribution in [3.63, 3.8) is 0 Å². The van der Waals surface area contributed by atoms with Crippen LogP contribution in [-0.2, 0) is 4.79 Å². The smallest absolute Gasteiger partial charge is 0.273 e. The van der Waals surface area contributed by atoms with Crippen LogP contribution in [0.3, 0.4) is 0 Å². The Hall–Kier alpha value is -2.76. The zero-order valence-corrected chi connectivity index (χ0v) is 11.1. The lowest BCUT2D eigenvalue weighted by atomic mass is 10.2. The number of rotatable bonds is 3. The third kappa shape index (κ3) is 3.38. The summed E-state index contributed by atoms with van der Waals surface area (Å²) in [6.07, 6.45) is 4.18. The molecule has 0 bridgehead atoms. The van der Waals surface area contributed by atoms with Gasteiger partial charge in [-0.25, -0.2) is 0 Å². The van der Waals surface area contributed by atoms with Crippen LogP contribution in [0.1, 0.15) is 27.6 Å². The Morgan fingerprint density at radius 3 is 2.55 bits per heavy atom. The van der Waals surface area contributed by atoms with E-state index in [-0.39, 0.29) is 0 Å². The van der Waals surface area contributed by atoms with Gasteiger partial charge in [-0.3, -0.25) is 20.4 Å². The van der Waals surface area contributed by atoms with Crippen molar-refractivity contribution >= 4 is 17.9 Å². The first-order valence-corrected chi connectivity index (χ1v) is 5.95. The summed E-state index contributed by atoms with van der Waals surface area (Å²) in [5, 5.41) is 0. The van der Waals surface area contributed by atoms with Crippen LogP contribution in [0.5, 0.6) is 0 Å². The molecule has 0 aliphatic heterocycles. The molecule has 6 heteroatoms. The van der Waals surface area contributed by atoms with Crippen LogP contribution in [0.25, 0.3) is 6.08 Å². The van der Waals surface area contributed by atoms with Crippen LogP contribution >= 0.6 is 0 Å². The quantitative estimate of drug-likeness (QED) is 0.662. The Labute approximate surface area is 115 Å². The lowest BCUT2D eigenvalue weighted by molar-refractivity contribution is -0.117. The largest absolute Gasteiger partial charge is 0.469 e. The highest BCUT2D eigenvalue weighted by Gasteiger charge is 2.11. The minimum Gasteiger partial charge on any atom is -0.469 e. The molecule has 0 atom stereocenters. The fourth-order valence-corrected chi connectivity index (χ4v) is 1.55. The second-order valence-corrected chi connectivity index (χ2v) is 4.12. The van der Waals surface area contributed by atoms with E-state index in [0.717, 1.165) is 5.76 Å². The highest BCUT2D eigenvalue weighted by molar-refractivity contribution is 5.98. The molecule has 0 radical (unpaired) electrons. The van der Waals surface area contributed by atoms with E-state index < -0.39 is 11.8 Å². The van der Waals surface area contributed by atoms with Crippen molar-refractivity contribution in [3.8, 4) is 0 Å². The van der Waals surface area contributed by atoms with Gasteiger partial charge in [0.05, 0.1) is 11.8 Å². The molecule has 2 aromatic heterocycles. The van der Waals surface area contributed by atoms with E-state index in [9.17, 15) is 9.59 Å². The molecule has 0 fully saturated rings. The van der Waals surface area contributed by atoms with Gasteiger partial charge in [-0.05, 0) is 38.1 Å². The first kappa shape index (κ1) is 13.7. The number of hydrogen-bond acceptors (Lipinski definition) is 4. The molecule has 2 amide bonds. The molecule has 2 heterocycles. The zero-order chi connectivity index (χ0) is 14.5. The molecule has 2 N–H and O–H groups in total.